The maximum Gasteiger partial charge on any atom is 0.164 e. The van der Waals surface area contributed by atoms with Crippen molar-refractivity contribution in [1.82, 2.24) is 24.9 Å². The Labute approximate surface area is 93.9 Å². The predicted octanol–water partition coefficient (Wildman–Crippen LogP) is 1.17. The van der Waals surface area contributed by atoms with Gasteiger partial charge in [-0.25, -0.2) is 4.98 Å². The molecule has 1 aliphatic rings. The first-order valence-electron chi connectivity index (χ1n) is 5.68. The molecule has 2 aromatic heterocycles. The molecule has 2 aromatic rings. The molecule has 1 N–H and O–H groups in total. The zero-order valence-corrected chi connectivity index (χ0v) is 9.56. The lowest BCUT2D eigenvalue weighted by molar-refractivity contribution is 0.593. The van der Waals surface area contributed by atoms with Crippen LogP contribution >= 0.6 is 0 Å². The van der Waals surface area contributed by atoms with E-state index < -0.39 is 0 Å². The lowest BCUT2D eigenvalue weighted by Gasteiger charge is -2.09. The summed E-state index contributed by atoms with van der Waals surface area (Å²) in [7, 11) is 0. The number of fused-ring (bicyclic) bond motifs is 1. The quantitative estimate of drug-likeness (QED) is 0.779. The zero-order valence-electron chi connectivity index (χ0n) is 9.56. The van der Waals surface area contributed by atoms with Crippen LogP contribution in [0.15, 0.2) is 6.07 Å². The lowest BCUT2D eigenvalue weighted by Crippen LogP contribution is -2.17. The highest BCUT2D eigenvalue weighted by Crippen LogP contribution is 2.22. The summed E-state index contributed by atoms with van der Waals surface area (Å²) >= 11 is 0. The molecule has 3 heterocycles. The van der Waals surface area contributed by atoms with E-state index in [1.54, 1.807) is 0 Å². The van der Waals surface area contributed by atoms with Gasteiger partial charge < -0.3 is 5.32 Å². The summed E-state index contributed by atoms with van der Waals surface area (Å²) in [4.78, 5) is 4.46. The van der Waals surface area contributed by atoms with Gasteiger partial charge in [-0.2, -0.15) is 0 Å². The molecular weight excluding hydrogens is 202 g/mol. The number of aryl methyl sites for hydroxylation is 2. The van der Waals surface area contributed by atoms with Crippen LogP contribution in [0, 0.1) is 13.8 Å². The molecule has 5 heteroatoms. The van der Waals surface area contributed by atoms with E-state index in [4.69, 9.17) is 0 Å². The Morgan fingerprint density at radius 1 is 1.38 bits per heavy atom. The van der Waals surface area contributed by atoms with Gasteiger partial charge >= 0.3 is 0 Å². The van der Waals surface area contributed by atoms with Crippen LogP contribution in [0.1, 0.15) is 36.2 Å². The third-order valence-corrected chi connectivity index (χ3v) is 3.08. The minimum Gasteiger partial charge on any atom is -0.307 e. The number of rotatable bonds is 1. The van der Waals surface area contributed by atoms with Gasteiger partial charge in [0, 0.05) is 11.8 Å². The van der Waals surface area contributed by atoms with Crippen molar-refractivity contribution in [3.63, 3.8) is 0 Å². The van der Waals surface area contributed by atoms with E-state index in [9.17, 15) is 0 Å². The molecule has 0 radical (unpaired) electrons. The molecule has 1 aliphatic heterocycles. The summed E-state index contributed by atoms with van der Waals surface area (Å²) in [5, 5.41) is 11.9. The Balaban J connectivity index is 2.18. The van der Waals surface area contributed by atoms with Crippen LogP contribution in [-0.2, 0) is 0 Å². The Kier molecular flexibility index (Phi) is 2.14. The molecule has 84 valence electrons. The van der Waals surface area contributed by atoms with E-state index in [1.165, 1.54) is 6.42 Å². The van der Waals surface area contributed by atoms with Crippen LogP contribution in [0.3, 0.4) is 0 Å². The average Bonchev–Trinajstić information content (AvgIpc) is 2.82. The van der Waals surface area contributed by atoms with Crippen molar-refractivity contribution in [2.45, 2.75) is 32.7 Å². The van der Waals surface area contributed by atoms with Crippen molar-refractivity contribution >= 4 is 5.65 Å². The summed E-state index contributed by atoms with van der Waals surface area (Å²) in [6, 6.07) is 2.30. The smallest absolute Gasteiger partial charge is 0.164 e. The van der Waals surface area contributed by atoms with Gasteiger partial charge in [-0.15, -0.1) is 10.2 Å². The molecule has 16 heavy (non-hydrogen) atoms. The summed E-state index contributed by atoms with van der Waals surface area (Å²) in [5.41, 5.74) is 1.89. The second-order valence-corrected chi connectivity index (χ2v) is 4.35. The number of hydrogen-bond acceptors (Lipinski definition) is 4. The van der Waals surface area contributed by atoms with E-state index in [2.05, 4.69) is 24.9 Å². The van der Waals surface area contributed by atoms with E-state index >= 15 is 0 Å². The van der Waals surface area contributed by atoms with Gasteiger partial charge in [0.15, 0.2) is 11.5 Å². The highest BCUT2D eigenvalue weighted by molar-refractivity contribution is 5.40. The summed E-state index contributed by atoms with van der Waals surface area (Å²) in [6.07, 6.45) is 2.34. The fourth-order valence-corrected chi connectivity index (χ4v) is 2.39. The predicted molar refractivity (Wildman–Crippen MR) is 60.2 cm³/mol. The normalized spacial score (nSPS) is 20.8. The van der Waals surface area contributed by atoms with Gasteiger partial charge in [0.05, 0.1) is 6.04 Å². The highest BCUT2D eigenvalue weighted by atomic mass is 15.3. The monoisotopic (exact) mass is 217 g/mol. The molecule has 0 spiro atoms. The SMILES string of the molecule is Cc1cc2nnc(C3CCCN3)n2c(C)n1. The van der Waals surface area contributed by atoms with Crippen molar-refractivity contribution in [3.05, 3.63) is 23.4 Å². The molecule has 0 aliphatic carbocycles. The molecule has 0 amide bonds. The Morgan fingerprint density at radius 2 is 2.25 bits per heavy atom. The van der Waals surface area contributed by atoms with Crippen molar-refractivity contribution in [1.29, 1.82) is 0 Å². The zero-order chi connectivity index (χ0) is 11.1. The maximum absolute atomic E-state index is 4.46. The van der Waals surface area contributed by atoms with Gasteiger partial charge in [-0.3, -0.25) is 4.40 Å². The molecule has 1 fully saturated rings. The van der Waals surface area contributed by atoms with Crippen LogP contribution in [0.4, 0.5) is 0 Å². The third-order valence-electron chi connectivity index (χ3n) is 3.08. The van der Waals surface area contributed by atoms with Crippen molar-refractivity contribution in [2.24, 2.45) is 0 Å². The molecule has 1 atom stereocenters. The summed E-state index contributed by atoms with van der Waals surface area (Å²) < 4.78 is 2.05. The Hall–Kier alpha value is -1.49. The molecule has 0 bridgehead atoms. The van der Waals surface area contributed by atoms with Crippen LogP contribution in [0.5, 0.6) is 0 Å². The second-order valence-electron chi connectivity index (χ2n) is 4.35. The molecule has 1 saturated heterocycles. The first-order valence-corrected chi connectivity index (χ1v) is 5.68. The summed E-state index contributed by atoms with van der Waals surface area (Å²) in [6.45, 7) is 5.05. The third kappa shape index (κ3) is 1.39. The molecule has 3 rings (SSSR count). The van der Waals surface area contributed by atoms with Crippen molar-refractivity contribution in [3.8, 4) is 0 Å². The van der Waals surface area contributed by atoms with Crippen LogP contribution in [-0.4, -0.2) is 26.1 Å². The number of aromatic nitrogens is 4. The largest absolute Gasteiger partial charge is 0.307 e. The molecule has 1 unspecified atom stereocenters. The van der Waals surface area contributed by atoms with Gasteiger partial charge in [0.1, 0.15) is 5.82 Å². The minimum absolute atomic E-state index is 0.332. The van der Waals surface area contributed by atoms with Gasteiger partial charge in [0.25, 0.3) is 0 Å². The number of nitrogens with zero attached hydrogens (tertiary/aromatic N) is 4. The summed E-state index contributed by atoms with van der Waals surface area (Å²) in [5.74, 6) is 1.96. The van der Waals surface area contributed by atoms with Gasteiger partial charge in [0.2, 0.25) is 0 Å². The van der Waals surface area contributed by atoms with E-state index in [1.807, 2.05) is 19.9 Å². The van der Waals surface area contributed by atoms with E-state index in [0.29, 0.717) is 6.04 Å². The first kappa shape index (κ1) is 9.72. The van der Waals surface area contributed by atoms with Crippen LogP contribution < -0.4 is 5.32 Å². The lowest BCUT2D eigenvalue weighted by atomic mass is 10.2. The second kappa shape index (κ2) is 3.52. The molecule has 0 saturated carbocycles. The van der Waals surface area contributed by atoms with Crippen molar-refractivity contribution in [2.75, 3.05) is 6.54 Å². The Bertz CT molecular complexity index is 524. The number of hydrogen-bond donors (Lipinski definition) is 1. The van der Waals surface area contributed by atoms with E-state index in [0.717, 1.165) is 36.0 Å². The topological polar surface area (TPSA) is 55.1 Å². The fraction of sp³-hybridized carbons (Fsp3) is 0.545. The standard InChI is InChI=1S/C11H15N5/c1-7-6-10-14-15-11(9-4-3-5-12-9)16(10)8(2)13-7/h6,9,12H,3-5H2,1-2H3. The first-order chi connectivity index (χ1) is 7.75. The average molecular weight is 217 g/mol. The van der Waals surface area contributed by atoms with Crippen LogP contribution in [0.25, 0.3) is 5.65 Å². The van der Waals surface area contributed by atoms with Gasteiger partial charge in [-0.05, 0) is 33.2 Å². The maximum atomic E-state index is 4.46. The Morgan fingerprint density at radius 3 is 3.00 bits per heavy atom. The van der Waals surface area contributed by atoms with E-state index in [-0.39, 0.29) is 0 Å². The molecule has 5 nitrogen and oxygen atoms in total. The molecule has 0 aromatic carbocycles. The minimum atomic E-state index is 0.332. The number of nitrogens with one attached hydrogen (secondary N) is 1. The van der Waals surface area contributed by atoms with Crippen LogP contribution in [0.2, 0.25) is 0 Å². The highest BCUT2D eigenvalue weighted by Gasteiger charge is 2.22. The molecular formula is C11H15N5. The fourth-order valence-electron chi connectivity index (χ4n) is 2.39. The van der Waals surface area contributed by atoms with Crippen molar-refractivity contribution < 1.29 is 0 Å². The van der Waals surface area contributed by atoms with Gasteiger partial charge in [-0.1, -0.05) is 0 Å².